The lowest BCUT2D eigenvalue weighted by Gasteiger charge is -2.33. The van der Waals surface area contributed by atoms with E-state index < -0.39 is 6.10 Å². The van der Waals surface area contributed by atoms with Crippen molar-refractivity contribution in [2.24, 2.45) is 0 Å². The lowest BCUT2D eigenvalue weighted by Crippen LogP contribution is -2.41. The van der Waals surface area contributed by atoms with Gasteiger partial charge in [0.2, 0.25) is 0 Å². The molecule has 1 aromatic heterocycles. The van der Waals surface area contributed by atoms with Crippen molar-refractivity contribution >= 4 is 17.1 Å². The topological polar surface area (TPSA) is 90.7 Å². The van der Waals surface area contributed by atoms with Crippen LogP contribution in [0.1, 0.15) is 44.2 Å². The number of rotatable bonds is 10. The Morgan fingerprint density at radius 2 is 1.83 bits per heavy atom. The first-order valence-electron chi connectivity index (χ1n) is 12.6. The van der Waals surface area contributed by atoms with Gasteiger partial charge in [0, 0.05) is 32.3 Å². The lowest BCUT2D eigenvalue weighted by atomic mass is 10.0. The number of hydrogen-bond donors (Lipinski definition) is 3. The van der Waals surface area contributed by atoms with E-state index in [0.717, 1.165) is 55.4 Å². The van der Waals surface area contributed by atoms with Crippen LogP contribution in [0.15, 0.2) is 65.5 Å². The van der Waals surface area contributed by atoms with Gasteiger partial charge in [-0.15, -0.1) is 0 Å². The molecule has 1 unspecified atom stereocenters. The van der Waals surface area contributed by atoms with Crippen LogP contribution in [-0.4, -0.2) is 70.2 Å². The van der Waals surface area contributed by atoms with Crippen molar-refractivity contribution < 1.29 is 14.9 Å². The van der Waals surface area contributed by atoms with Gasteiger partial charge in [0.05, 0.1) is 30.4 Å². The number of H-pyrrole nitrogens is 1. The molecular weight excluding hydrogens is 442 g/mol. The Hall–Kier alpha value is -2.71. The molecule has 1 aliphatic heterocycles. The largest absolute Gasteiger partial charge is 0.396 e. The Balaban J connectivity index is 0.000000623. The van der Waals surface area contributed by atoms with Crippen LogP contribution in [0.25, 0.3) is 17.1 Å². The fourth-order valence-corrected chi connectivity index (χ4v) is 4.33. The summed E-state index contributed by atoms with van der Waals surface area (Å²) < 4.78 is 7.48. The number of piperidine rings is 1. The Morgan fingerprint density at radius 1 is 1.11 bits per heavy atom. The number of nitrogens with zero attached hydrogens (tertiary/aromatic N) is 2. The van der Waals surface area contributed by atoms with Gasteiger partial charge in [-0.3, -0.25) is 4.57 Å². The van der Waals surface area contributed by atoms with E-state index in [-0.39, 0.29) is 11.7 Å². The van der Waals surface area contributed by atoms with Gasteiger partial charge in [0.25, 0.3) is 0 Å². The monoisotopic (exact) mass is 481 g/mol. The van der Waals surface area contributed by atoms with E-state index in [9.17, 15) is 9.90 Å². The van der Waals surface area contributed by atoms with E-state index in [0.29, 0.717) is 26.4 Å². The first-order chi connectivity index (χ1) is 17.1. The maximum Gasteiger partial charge on any atom is 0.326 e. The van der Waals surface area contributed by atoms with Crippen LogP contribution in [0.2, 0.25) is 0 Å². The maximum absolute atomic E-state index is 12.4. The Kier molecular flexibility index (Phi) is 11.2. The lowest BCUT2D eigenvalue weighted by molar-refractivity contribution is 0.0198. The highest BCUT2D eigenvalue weighted by Crippen LogP contribution is 2.24. The van der Waals surface area contributed by atoms with Crippen molar-refractivity contribution in [2.75, 3.05) is 39.5 Å². The molecule has 1 atom stereocenters. The normalized spacial score (nSPS) is 15.9. The zero-order valence-corrected chi connectivity index (χ0v) is 20.7. The van der Waals surface area contributed by atoms with Gasteiger partial charge in [0.15, 0.2) is 0 Å². The minimum atomic E-state index is -0.512. The zero-order valence-electron chi connectivity index (χ0n) is 20.7. The van der Waals surface area contributed by atoms with Gasteiger partial charge in [-0.25, -0.2) is 4.79 Å². The fourth-order valence-electron chi connectivity index (χ4n) is 4.33. The second-order valence-corrected chi connectivity index (χ2v) is 8.93. The van der Waals surface area contributed by atoms with E-state index in [1.165, 1.54) is 0 Å². The highest BCUT2D eigenvalue weighted by molar-refractivity contribution is 5.75. The molecule has 1 aliphatic rings. The van der Waals surface area contributed by atoms with Gasteiger partial charge < -0.3 is 24.8 Å². The number of ether oxygens (including phenoxy) is 1. The number of aliphatic hydroxyl groups is 2. The number of para-hydroxylation sites is 2. The number of likely N-dealkylation sites (tertiary alicyclic amines) is 1. The summed E-state index contributed by atoms with van der Waals surface area (Å²) in [6.07, 6.45) is 7.30. The predicted molar refractivity (Wildman–Crippen MR) is 142 cm³/mol. The molecule has 1 saturated heterocycles. The van der Waals surface area contributed by atoms with Crippen LogP contribution >= 0.6 is 0 Å². The highest BCUT2D eigenvalue weighted by atomic mass is 16.5. The van der Waals surface area contributed by atoms with Gasteiger partial charge in [-0.2, -0.15) is 0 Å². The van der Waals surface area contributed by atoms with Crippen LogP contribution in [-0.2, 0) is 4.74 Å². The smallest absolute Gasteiger partial charge is 0.326 e. The van der Waals surface area contributed by atoms with Crippen molar-refractivity contribution in [1.82, 2.24) is 14.5 Å². The SMILES string of the molecule is CCCCO.O=c1[nH]c2ccccc2n1C1CCN(CC(O)COC/C=C/c2ccccc2)CC1. The highest BCUT2D eigenvalue weighted by Gasteiger charge is 2.24. The third kappa shape index (κ3) is 8.47. The molecule has 0 bridgehead atoms. The molecule has 3 N–H and O–H groups in total. The average Bonchev–Trinajstić information content (AvgIpc) is 3.21. The van der Waals surface area contributed by atoms with Crippen molar-refractivity contribution in [3.63, 3.8) is 0 Å². The number of fused-ring (bicyclic) bond motifs is 1. The summed E-state index contributed by atoms with van der Waals surface area (Å²) in [5, 5.41) is 18.4. The number of β-amino-alcohol motifs (C(OH)–C–C–N with tert-alkyl or cyclic N) is 1. The number of aliphatic hydroxyl groups excluding tert-OH is 2. The van der Waals surface area contributed by atoms with Crippen molar-refractivity contribution in [1.29, 1.82) is 0 Å². The standard InChI is InChI=1S/C24H29N3O3.C4H10O/c28-21(18-30-16-6-9-19-7-2-1-3-8-19)17-26-14-12-20(13-15-26)27-23-11-5-4-10-22(23)25-24(27)29;1-2-3-4-5/h1-11,20-21,28H,12-18H2,(H,25,29);5H,2-4H2,1H3/b9-6+;. The summed E-state index contributed by atoms with van der Waals surface area (Å²) in [7, 11) is 0. The fraction of sp³-hybridized carbons (Fsp3) is 0.464. The first kappa shape index (κ1) is 26.9. The quantitative estimate of drug-likeness (QED) is 0.383. The second-order valence-electron chi connectivity index (χ2n) is 8.93. The molecule has 35 heavy (non-hydrogen) atoms. The number of nitrogens with one attached hydrogen (secondary N) is 1. The molecule has 3 aromatic rings. The van der Waals surface area contributed by atoms with Crippen molar-refractivity contribution in [3.05, 3.63) is 76.7 Å². The number of aromatic amines is 1. The molecule has 0 saturated carbocycles. The number of benzene rings is 2. The molecule has 0 amide bonds. The molecule has 0 radical (unpaired) electrons. The Bertz CT molecular complexity index is 1070. The minimum Gasteiger partial charge on any atom is -0.396 e. The van der Waals surface area contributed by atoms with E-state index in [4.69, 9.17) is 9.84 Å². The maximum atomic E-state index is 12.4. The zero-order chi connectivity index (χ0) is 24.9. The van der Waals surface area contributed by atoms with E-state index in [2.05, 4.69) is 16.8 Å². The van der Waals surface area contributed by atoms with Crippen molar-refractivity contribution in [2.45, 2.75) is 44.8 Å². The number of unbranched alkanes of at least 4 members (excludes halogenated alkanes) is 1. The third-order valence-electron chi connectivity index (χ3n) is 6.16. The molecule has 7 nitrogen and oxygen atoms in total. The van der Waals surface area contributed by atoms with E-state index in [1.807, 2.05) is 71.3 Å². The molecular formula is C28H39N3O4. The van der Waals surface area contributed by atoms with Crippen molar-refractivity contribution in [3.8, 4) is 0 Å². The van der Waals surface area contributed by atoms with Crippen LogP contribution in [0.3, 0.4) is 0 Å². The van der Waals surface area contributed by atoms with Gasteiger partial charge in [0.1, 0.15) is 0 Å². The summed E-state index contributed by atoms with van der Waals surface area (Å²) in [5.41, 5.74) is 2.96. The summed E-state index contributed by atoms with van der Waals surface area (Å²) >= 11 is 0. The molecule has 4 rings (SSSR count). The Labute approximate surface area is 207 Å². The summed E-state index contributed by atoms with van der Waals surface area (Å²) in [6, 6.07) is 18.1. The van der Waals surface area contributed by atoms with Gasteiger partial charge >= 0.3 is 5.69 Å². The number of hydrogen-bond acceptors (Lipinski definition) is 5. The molecule has 2 heterocycles. The van der Waals surface area contributed by atoms with Crippen LogP contribution in [0.4, 0.5) is 0 Å². The molecule has 1 fully saturated rings. The Morgan fingerprint density at radius 3 is 2.51 bits per heavy atom. The number of imidazole rings is 1. The number of aromatic nitrogens is 2. The molecule has 0 spiro atoms. The first-order valence-corrected chi connectivity index (χ1v) is 12.6. The molecule has 190 valence electrons. The molecule has 0 aliphatic carbocycles. The van der Waals surface area contributed by atoms with Crippen LogP contribution < -0.4 is 5.69 Å². The minimum absolute atomic E-state index is 0.0355. The summed E-state index contributed by atoms with van der Waals surface area (Å²) in [6.45, 7) is 5.52. The second kappa shape index (κ2) is 14.6. The van der Waals surface area contributed by atoms with Gasteiger partial charge in [-0.05, 0) is 37.0 Å². The molecule has 2 aromatic carbocycles. The third-order valence-corrected chi connectivity index (χ3v) is 6.16. The van der Waals surface area contributed by atoms with Crippen LogP contribution in [0.5, 0.6) is 0 Å². The predicted octanol–water partition coefficient (Wildman–Crippen LogP) is 3.84. The van der Waals surface area contributed by atoms with Gasteiger partial charge in [-0.1, -0.05) is 68.0 Å². The molecule has 7 heteroatoms. The average molecular weight is 482 g/mol. The van der Waals surface area contributed by atoms with E-state index >= 15 is 0 Å². The van der Waals surface area contributed by atoms with E-state index in [1.54, 1.807) is 0 Å². The summed E-state index contributed by atoms with van der Waals surface area (Å²) in [5.74, 6) is 0. The van der Waals surface area contributed by atoms with Crippen LogP contribution in [0, 0.1) is 0 Å². The summed E-state index contributed by atoms with van der Waals surface area (Å²) in [4.78, 5) is 17.6.